The van der Waals surface area contributed by atoms with Crippen LogP contribution in [0.3, 0.4) is 0 Å². The van der Waals surface area contributed by atoms with Crippen molar-refractivity contribution in [3.8, 4) is 0 Å². The molecule has 0 aliphatic heterocycles. The summed E-state index contributed by atoms with van der Waals surface area (Å²) in [4.78, 5) is 0. The molecule has 104 valence electrons. The Morgan fingerprint density at radius 2 is 1.59 bits per heavy atom. The first kappa shape index (κ1) is 16.9. The molecule has 0 aromatic rings. The van der Waals surface area contributed by atoms with Crippen molar-refractivity contribution in [2.45, 2.75) is 59.8 Å². The summed E-state index contributed by atoms with van der Waals surface area (Å²) < 4.78 is 26.0. The van der Waals surface area contributed by atoms with Gasteiger partial charge in [0, 0.05) is 13.1 Å². The van der Waals surface area contributed by atoms with Crippen molar-refractivity contribution < 1.29 is 8.42 Å². The van der Waals surface area contributed by atoms with Crippen molar-refractivity contribution in [1.82, 2.24) is 4.31 Å². The van der Waals surface area contributed by atoms with Gasteiger partial charge < -0.3 is 0 Å². The van der Waals surface area contributed by atoms with Crippen LogP contribution in [0.2, 0.25) is 0 Å². The summed E-state index contributed by atoms with van der Waals surface area (Å²) >= 11 is 0. The van der Waals surface area contributed by atoms with Gasteiger partial charge in [-0.3, -0.25) is 0 Å². The zero-order chi connectivity index (χ0) is 13.3. The molecular formula is C13H29NO2S. The molecule has 0 bridgehead atoms. The molecule has 0 saturated heterocycles. The van der Waals surface area contributed by atoms with Crippen molar-refractivity contribution in [2.75, 3.05) is 18.8 Å². The van der Waals surface area contributed by atoms with Gasteiger partial charge in [0.05, 0.1) is 5.75 Å². The highest BCUT2D eigenvalue weighted by molar-refractivity contribution is 7.89. The molecule has 0 aliphatic carbocycles. The molecule has 0 radical (unpaired) electrons. The second kappa shape index (κ2) is 8.92. The number of nitrogens with zero attached hydrogens (tertiary/aromatic N) is 1. The highest BCUT2D eigenvalue weighted by Gasteiger charge is 2.21. The van der Waals surface area contributed by atoms with E-state index in [1.165, 1.54) is 0 Å². The maximum Gasteiger partial charge on any atom is 0.214 e. The molecule has 0 rings (SSSR count). The third-order valence-corrected chi connectivity index (χ3v) is 4.65. The van der Waals surface area contributed by atoms with E-state index < -0.39 is 10.0 Å². The first-order valence-electron chi connectivity index (χ1n) is 6.91. The van der Waals surface area contributed by atoms with Crippen molar-refractivity contribution in [1.29, 1.82) is 0 Å². The Labute approximate surface area is 108 Å². The largest absolute Gasteiger partial charge is 0.214 e. The van der Waals surface area contributed by atoms with E-state index in [1.54, 1.807) is 4.31 Å². The maximum atomic E-state index is 12.2. The first-order valence-corrected chi connectivity index (χ1v) is 8.52. The molecule has 17 heavy (non-hydrogen) atoms. The van der Waals surface area contributed by atoms with Gasteiger partial charge in [-0.05, 0) is 18.8 Å². The minimum absolute atomic E-state index is 0.317. The third-order valence-electron chi connectivity index (χ3n) is 2.73. The molecule has 0 heterocycles. The molecule has 4 heteroatoms. The molecule has 0 amide bonds. The summed E-state index contributed by atoms with van der Waals surface area (Å²) in [5.74, 6) is 0.713. The molecule has 3 nitrogen and oxygen atoms in total. The van der Waals surface area contributed by atoms with Crippen LogP contribution in [0.25, 0.3) is 0 Å². The average Bonchev–Trinajstić information content (AvgIpc) is 2.23. The summed E-state index contributed by atoms with van der Waals surface area (Å²) in [6.07, 6.45) is 4.86. The van der Waals surface area contributed by atoms with Crippen LogP contribution in [0, 0.1) is 5.92 Å². The van der Waals surface area contributed by atoms with Crippen LogP contribution in [-0.2, 0) is 10.0 Å². The van der Waals surface area contributed by atoms with E-state index in [1.807, 2.05) is 0 Å². The Bertz CT molecular complexity index is 273. The van der Waals surface area contributed by atoms with Crippen LogP contribution in [0.5, 0.6) is 0 Å². The van der Waals surface area contributed by atoms with E-state index in [9.17, 15) is 8.42 Å². The number of hydrogen-bond acceptors (Lipinski definition) is 2. The first-order chi connectivity index (χ1) is 7.94. The third kappa shape index (κ3) is 7.77. The molecule has 0 saturated carbocycles. The predicted octanol–water partition coefficient (Wildman–Crippen LogP) is 3.26. The summed E-state index contributed by atoms with van der Waals surface area (Å²) in [6.45, 7) is 9.67. The molecule has 0 spiro atoms. The summed E-state index contributed by atoms with van der Waals surface area (Å²) in [5.41, 5.74) is 0. The molecular weight excluding hydrogens is 234 g/mol. The van der Waals surface area contributed by atoms with Gasteiger partial charge in [0.2, 0.25) is 10.0 Å². The van der Waals surface area contributed by atoms with Gasteiger partial charge in [0.1, 0.15) is 0 Å². The summed E-state index contributed by atoms with van der Waals surface area (Å²) in [6, 6.07) is 0. The van der Waals surface area contributed by atoms with E-state index >= 15 is 0 Å². The molecule has 0 aliphatic rings. The zero-order valence-electron chi connectivity index (χ0n) is 11.9. The number of hydrogen-bond donors (Lipinski definition) is 0. The monoisotopic (exact) mass is 263 g/mol. The fraction of sp³-hybridized carbons (Fsp3) is 1.00. The van der Waals surface area contributed by atoms with Crippen LogP contribution in [-0.4, -0.2) is 31.6 Å². The summed E-state index contributed by atoms with van der Waals surface area (Å²) in [5, 5.41) is 0. The van der Waals surface area contributed by atoms with Gasteiger partial charge in [-0.1, -0.05) is 47.0 Å². The smallest absolute Gasteiger partial charge is 0.212 e. The van der Waals surface area contributed by atoms with E-state index in [0.717, 1.165) is 32.1 Å². The Morgan fingerprint density at radius 1 is 1.00 bits per heavy atom. The van der Waals surface area contributed by atoms with Gasteiger partial charge >= 0.3 is 0 Å². The molecule has 0 unspecified atom stereocenters. The number of sulfonamides is 1. The average molecular weight is 263 g/mol. The Hall–Kier alpha value is -0.0900. The van der Waals surface area contributed by atoms with E-state index in [-0.39, 0.29) is 0 Å². The SMILES string of the molecule is CCCCCS(=O)(=O)N(CCCC)CC(C)C. The topological polar surface area (TPSA) is 37.4 Å². The van der Waals surface area contributed by atoms with Crippen LogP contribution >= 0.6 is 0 Å². The van der Waals surface area contributed by atoms with Crippen LogP contribution in [0.1, 0.15) is 59.8 Å². The van der Waals surface area contributed by atoms with Crippen LogP contribution < -0.4 is 0 Å². The van der Waals surface area contributed by atoms with Crippen molar-refractivity contribution in [3.63, 3.8) is 0 Å². The van der Waals surface area contributed by atoms with Gasteiger partial charge in [-0.2, -0.15) is 0 Å². The van der Waals surface area contributed by atoms with Gasteiger partial charge in [0.25, 0.3) is 0 Å². The van der Waals surface area contributed by atoms with Gasteiger partial charge in [-0.25, -0.2) is 12.7 Å². The second-order valence-electron chi connectivity index (χ2n) is 5.13. The highest BCUT2D eigenvalue weighted by Crippen LogP contribution is 2.11. The van der Waals surface area contributed by atoms with Crippen LogP contribution in [0.15, 0.2) is 0 Å². The Balaban J connectivity index is 4.41. The minimum Gasteiger partial charge on any atom is -0.212 e. The predicted molar refractivity (Wildman–Crippen MR) is 74.6 cm³/mol. The molecule has 0 aromatic carbocycles. The molecule has 0 atom stereocenters. The molecule has 0 N–H and O–H groups in total. The Morgan fingerprint density at radius 3 is 2.06 bits per heavy atom. The fourth-order valence-corrected chi connectivity index (χ4v) is 3.51. The minimum atomic E-state index is -3.03. The van der Waals surface area contributed by atoms with Crippen molar-refractivity contribution in [3.05, 3.63) is 0 Å². The van der Waals surface area contributed by atoms with Gasteiger partial charge in [-0.15, -0.1) is 0 Å². The molecule has 0 fully saturated rings. The Kier molecular flexibility index (Phi) is 8.88. The highest BCUT2D eigenvalue weighted by atomic mass is 32.2. The lowest BCUT2D eigenvalue weighted by Gasteiger charge is -2.23. The lowest BCUT2D eigenvalue weighted by molar-refractivity contribution is 0.361. The number of unbranched alkanes of at least 4 members (excludes halogenated alkanes) is 3. The maximum absolute atomic E-state index is 12.2. The lowest BCUT2D eigenvalue weighted by atomic mass is 10.2. The second-order valence-corrected chi connectivity index (χ2v) is 7.22. The van der Waals surface area contributed by atoms with E-state index in [2.05, 4.69) is 27.7 Å². The van der Waals surface area contributed by atoms with Crippen molar-refractivity contribution >= 4 is 10.0 Å². The lowest BCUT2D eigenvalue weighted by Crippen LogP contribution is -2.36. The number of rotatable bonds is 10. The normalized spacial score (nSPS) is 12.6. The van der Waals surface area contributed by atoms with Crippen LogP contribution in [0.4, 0.5) is 0 Å². The standard InChI is InChI=1S/C13H29NO2S/c1-5-7-9-11-17(15,16)14(10-8-6-2)12-13(3)4/h13H,5-12H2,1-4H3. The van der Waals surface area contributed by atoms with Crippen molar-refractivity contribution in [2.24, 2.45) is 5.92 Å². The fourth-order valence-electron chi connectivity index (χ4n) is 1.75. The molecule has 0 aromatic heterocycles. The van der Waals surface area contributed by atoms with E-state index in [0.29, 0.717) is 24.8 Å². The quantitative estimate of drug-likeness (QED) is 0.567. The van der Waals surface area contributed by atoms with E-state index in [4.69, 9.17) is 0 Å². The van der Waals surface area contributed by atoms with Gasteiger partial charge in [0.15, 0.2) is 0 Å². The zero-order valence-corrected chi connectivity index (χ0v) is 12.7. The summed E-state index contributed by atoms with van der Waals surface area (Å²) in [7, 11) is -3.03.